The molecule has 1 aromatic carbocycles. The van der Waals surface area contributed by atoms with Gasteiger partial charge in [-0.3, -0.25) is 14.9 Å². The number of carbonyl (C=O) groups excluding carboxylic acids is 1. The summed E-state index contributed by atoms with van der Waals surface area (Å²) in [5, 5.41) is 11.0. The average molecular weight is 294 g/mol. The Balaban J connectivity index is 2.27. The molecule has 5 nitrogen and oxygen atoms in total. The zero-order valence-electron chi connectivity index (χ0n) is 12.2. The molecule has 0 unspecified atom stereocenters. The van der Waals surface area contributed by atoms with Gasteiger partial charge in [-0.15, -0.1) is 0 Å². The molecule has 0 aliphatic heterocycles. The van der Waals surface area contributed by atoms with Gasteiger partial charge in [-0.2, -0.15) is 0 Å². The largest absolute Gasteiger partial charge is 0.335 e. The van der Waals surface area contributed by atoms with Crippen molar-refractivity contribution in [2.45, 2.75) is 39.2 Å². The summed E-state index contributed by atoms with van der Waals surface area (Å²) in [4.78, 5) is 24.6. The third kappa shape index (κ3) is 3.77. The minimum atomic E-state index is -0.639. The number of nitro groups is 1. The predicted octanol–water partition coefficient (Wildman–Crippen LogP) is 3.38. The maximum Gasteiger partial charge on any atom is 0.282 e. The molecule has 6 heteroatoms. The number of nitrogens with zero attached hydrogens (tertiary/aromatic N) is 2. The van der Waals surface area contributed by atoms with Crippen molar-refractivity contribution in [3.8, 4) is 0 Å². The first-order chi connectivity index (χ1) is 9.90. The summed E-state index contributed by atoms with van der Waals surface area (Å²) in [6.45, 7) is 4.66. The Hall–Kier alpha value is -1.98. The van der Waals surface area contributed by atoms with Crippen molar-refractivity contribution in [2.24, 2.45) is 5.92 Å². The normalized spacial score (nSPS) is 14.3. The topological polar surface area (TPSA) is 63.5 Å². The molecule has 1 aromatic rings. The smallest absolute Gasteiger partial charge is 0.282 e. The Labute approximate surface area is 122 Å². The van der Waals surface area contributed by atoms with Crippen molar-refractivity contribution >= 4 is 11.6 Å². The van der Waals surface area contributed by atoms with Crippen LogP contribution in [0.3, 0.4) is 0 Å². The number of amides is 1. The van der Waals surface area contributed by atoms with E-state index in [-0.39, 0.29) is 17.3 Å². The van der Waals surface area contributed by atoms with Crippen LogP contribution in [0.5, 0.6) is 0 Å². The van der Waals surface area contributed by atoms with Crippen molar-refractivity contribution in [3.63, 3.8) is 0 Å². The van der Waals surface area contributed by atoms with Crippen LogP contribution < -0.4 is 0 Å². The first kappa shape index (κ1) is 15.4. The molecule has 0 saturated heterocycles. The summed E-state index contributed by atoms with van der Waals surface area (Å²) < 4.78 is 13.4. The highest BCUT2D eigenvalue weighted by Gasteiger charge is 2.35. The first-order valence-corrected chi connectivity index (χ1v) is 7.15. The Morgan fingerprint density at radius 2 is 2.14 bits per heavy atom. The van der Waals surface area contributed by atoms with Crippen LogP contribution in [0.2, 0.25) is 0 Å². The molecule has 0 N–H and O–H groups in total. The minimum Gasteiger partial charge on any atom is -0.335 e. The minimum absolute atomic E-state index is 0.138. The van der Waals surface area contributed by atoms with Gasteiger partial charge in [0.25, 0.3) is 11.6 Å². The molecule has 21 heavy (non-hydrogen) atoms. The fourth-order valence-corrected chi connectivity index (χ4v) is 2.23. The van der Waals surface area contributed by atoms with Gasteiger partial charge in [-0.1, -0.05) is 13.8 Å². The maximum absolute atomic E-state index is 13.4. The van der Waals surface area contributed by atoms with E-state index in [1.165, 1.54) is 0 Å². The fraction of sp³-hybridized carbons (Fsp3) is 0.533. The Morgan fingerprint density at radius 3 is 2.67 bits per heavy atom. The molecule has 1 fully saturated rings. The summed E-state index contributed by atoms with van der Waals surface area (Å²) in [5.41, 5.74) is -0.493. The quantitative estimate of drug-likeness (QED) is 0.596. The highest BCUT2D eigenvalue weighted by atomic mass is 19.1. The molecule has 2 rings (SSSR count). The average Bonchev–Trinajstić information content (AvgIpc) is 3.22. The molecule has 0 bridgehead atoms. The van der Waals surface area contributed by atoms with Crippen LogP contribution in [-0.4, -0.2) is 28.3 Å². The molecule has 1 saturated carbocycles. The third-order valence-electron chi connectivity index (χ3n) is 3.58. The van der Waals surface area contributed by atoms with Crippen molar-refractivity contribution in [1.82, 2.24) is 4.90 Å². The molecule has 1 aliphatic carbocycles. The van der Waals surface area contributed by atoms with Crippen LogP contribution >= 0.6 is 0 Å². The monoisotopic (exact) mass is 294 g/mol. The van der Waals surface area contributed by atoms with E-state index in [1.807, 2.05) is 0 Å². The van der Waals surface area contributed by atoms with E-state index in [1.54, 1.807) is 4.90 Å². The lowest BCUT2D eigenvalue weighted by atomic mass is 10.1. The van der Waals surface area contributed by atoms with E-state index >= 15 is 0 Å². The summed E-state index contributed by atoms with van der Waals surface area (Å²) in [5.74, 6) is -0.644. The lowest BCUT2D eigenvalue weighted by molar-refractivity contribution is -0.385. The van der Waals surface area contributed by atoms with E-state index < -0.39 is 16.6 Å². The molecular formula is C15H19FN2O3. The summed E-state index contributed by atoms with van der Waals surface area (Å²) in [6.07, 6.45) is 2.64. The highest BCUT2D eigenvalue weighted by Crippen LogP contribution is 2.31. The lowest BCUT2D eigenvalue weighted by Crippen LogP contribution is -2.35. The van der Waals surface area contributed by atoms with Crippen LogP contribution in [0.4, 0.5) is 10.1 Å². The number of hydrogen-bond donors (Lipinski definition) is 0. The second kappa shape index (κ2) is 6.20. The van der Waals surface area contributed by atoms with Gasteiger partial charge in [0, 0.05) is 18.7 Å². The molecule has 0 atom stereocenters. The molecule has 0 radical (unpaired) electrons. The predicted molar refractivity (Wildman–Crippen MR) is 76.6 cm³/mol. The molecule has 0 heterocycles. The number of hydrogen-bond acceptors (Lipinski definition) is 3. The molecule has 1 aliphatic rings. The van der Waals surface area contributed by atoms with Gasteiger partial charge in [0.05, 0.1) is 4.92 Å². The Morgan fingerprint density at radius 1 is 1.48 bits per heavy atom. The standard InChI is InChI=1S/C15H19FN2O3/c1-10(2)7-8-17(12-4-5-12)15(19)13-9-11(16)3-6-14(13)18(20)21/h3,6,9-10,12H,4-5,7-8H2,1-2H3. The molecule has 1 amide bonds. The van der Waals surface area contributed by atoms with E-state index in [2.05, 4.69) is 13.8 Å². The van der Waals surface area contributed by atoms with Gasteiger partial charge in [0.15, 0.2) is 0 Å². The molecule has 0 aromatic heterocycles. The summed E-state index contributed by atoms with van der Waals surface area (Å²) >= 11 is 0. The molecule has 0 spiro atoms. The summed E-state index contributed by atoms with van der Waals surface area (Å²) in [7, 11) is 0. The van der Waals surface area contributed by atoms with Crippen LogP contribution in [-0.2, 0) is 0 Å². The number of rotatable bonds is 6. The van der Waals surface area contributed by atoms with Gasteiger partial charge < -0.3 is 4.90 Å². The second-order valence-electron chi connectivity index (χ2n) is 5.83. The fourth-order valence-electron chi connectivity index (χ4n) is 2.23. The summed E-state index contributed by atoms with van der Waals surface area (Å²) in [6, 6.07) is 3.16. The zero-order chi connectivity index (χ0) is 15.6. The van der Waals surface area contributed by atoms with E-state index in [0.717, 1.165) is 37.5 Å². The van der Waals surface area contributed by atoms with Gasteiger partial charge in [-0.05, 0) is 37.3 Å². The lowest BCUT2D eigenvalue weighted by Gasteiger charge is -2.23. The Kier molecular flexibility index (Phi) is 4.55. The Bertz CT molecular complexity index is 556. The second-order valence-corrected chi connectivity index (χ2v) is 5.83. The van der Waals surface area contributed by atoms with Crippen LogP contribution in [0.15, 0.2) is 18.2 Å². The van der Waals surface area contributed by atoms with Crippen LogP contribution in [0.1, 0.15) is 43.5 Å². The van der Waals surface area contributed by atoms with E-state index in [4.69, 9.17) is 0 Å². The number of carbonyl (C=O) groups is 1. The van der Waals surface area contributed by atoms with Gasteiger partial charge in [-0.25, -0.2) is 4.39 Å². The maximum atomic E-state index is 13.4. The van der Waals surface area contributed by atoms with Crippen molar-refractivity contribution < 1.29 is 14.1 Å². The van der Waals surface area contributed by atoms with Crippen LogP contribution in [0, 0.1) is 21.8 Å². The van der Waals surface area contributed by atoms with E-state index in [0.29, 0.717) is 12.5 Å². The van der Waals surface area contributed by atoms with Crippen molar-refractivity contribution in [2.75, 3.05) is 6.54 Å². The number of nitro benzene ring substituents is 1. The van der Waals surface area contributed by atoms with Crippen LogP contribution in [0.25, 0.3) is 0 Å². The SMILES string of the molecule is CC(C)CCN(C(=O)c1cc(F)ccc1[N+](=O)[O-])C1CC1. The van der Waals surface area contributed by atoms with E-state index in [9.17, 15) is 19.3 Å². The number of halogens is 1. The van der Waals surface area contributed by atoms with Gasteiger partial charge in [0.2, 0.25) is 0 Å². The molecular weight excluding hydrogens is 275 g/mol. The number of benzene rings is 1. The third-order valence-corrected chi connectivity index (χ3v) is 3.58. The van der Waals surface area contributed by atoms with Crippen molar-refractivity contribution in [1.29, 1.82) is 0 Å². The zero-order valence-corrected chi connectivity index (χ0v) is 12.2. The first-order valence-electron chi connectivity index (χ1n) is 7.15. The van der Waals surface area contributed by atoms with Gasteiger partial charge in [0.1, 0.15) is 11.4 Å². The van der Waals surface area contributed by atoms with Gasteiger partial charge >= 0.3 is 0 Å². The molecule has 114 valence electrons. The van der Waals surface area contributed by atoms with Crippen molar-refractivity contribution in [3.05, 3.63) is 39.7 Å². The highest BCUT2D eigenvalue weighted by molar-refractivity contribution is 5.98.